The molecule has 0 spiro atoms. The highest BCUT2D eigenvalue weighted by molar-refractivity contribution is 6.19. The molecule has 0 heterocycles. The SMILES string of the molecule is C/C(CO)=C(/C)CCl. The van der Waals surface area contributed by atoms with Crippen molar-refractivity contribution in [2.75, 3.05) is 12.5 Å². The van der Waals surface area contributed by atoms with Crippen molar-refractivity contribution in [1.82, 2.24) is 0 Å². The lowest BCUT2D eigenvalue weighted by molar-refractivity contribution is 0.330. The smallest absolute Gasteiger partial charge is 0.0642 e. The number of aliphatic hydroxyl groups is 1. The van der Waals surface area contributed by atoms with Crippen LogP contribution in [0.4, 0.5) is 0 Å². The van der Waals surface area contributed by atoms with E-state index in [0.717, 1.165) is 11.1 Å². The van der Waals surface area contributed by atoms with Crippen molar-refractivity contribution in [2.24, 2.45) is 0 Å². The molecule has 0 radical (unpaired) electrons. The lowest BCUT2D eigenvalue weighted by atomic mass is 10.2. The van der Waals surface area contributed by atoms with Gasteiger partial charge in [0.2, 0.25) is 0 Å². The van der Waals surface area contributed by atoms with Crippen LogP contribution in [-0.4, -0.2) is 17.6 Å². The fourth-order valence-electron chi connectivity index (χ4n) is 0.249. The lowest BCUT2D eigenvalue weighted by Crippen LogP contribution is -1.90. The maximum Gasteiger partial charge on any atom is 0.0642 e. The predicted molar refractivity (Wildman–Crippen MR) is 36.2 cm³/mol. The van der Waals surface area contributed by atoms with Gasteiger partial charge in [0.1, 0.15) is 0 Å². The lowest BCUT2D eigenvalue weighted by Gasteiger charge is -1.97. The number of aliphatic hydroxyl groups excluding tert-OH is 1. The van der Waals surface area contributed by atoms with Gasteiger partial charge >= 0.3 is 0 Å². The van der Waals surface area contributed by atoms with E-state index in [1.807, 2.05) is 13.8 Å². The molecule has 0 saturated heterocycles. The highest BCUT2D eigenvalue weighted by Crippen LogP contribution is 2.02. The second kappa shape index (κ2) is 3.93. The number of allylic oxidation sites excluding steroid dienone is 1. The van der Waals surface area contributed by atoms with Gasteiger partial charge in [0.15, 0.2) is 0 Å². The summed E-state index contributed by atoms with van der Waals surface area (Å²) in [7, 11) is 0. The van der Waals surface area contributed by atoms with Crippen molar-refractivity contribution >= 4 is 11.6 Å². The molecular formula is C6H11ClO. The van der Waals surface area contributed by atoms with Gasteiger partial charge in [-0.25, -0.2) is 0 Å². The highest BCUT2D eigenvalue weighted by atomic mass is 35.5. The fourth-order valence-corrected chi connectivity index (χ4v) is 0.477. The van der Waals surface area contributed by atoms with Crippen molar-refractivity contribution in [3.8, 4) is 0 Å². The van der Waals surface area contributed by atoms with E-state index in [0.29, 0.717) is 5.88 Å². The van der Waals surface area contributed by atoms with Crippen molar-refractivity contribution in [2.45, 2.75) is 13.8 Å². The summed E-state index contributed by atoms with van der Waals surface area (Å²) < 4.78 is 0. The monoisotopic (exact) mass is 134 g/mol. The van der Waals surface area contributed by atoms with Crippen molar-refractivity contribution < 1.29 is 5.11 Å². The number of alkyl halides is 1. The summed E-state index contributed by atoms with van der Waals surface area (Å²) in [6.45, 7) is 3.91. The Labute approximate surface area is 55.0 Å². The molecular weight excluding hydrogens is 124 g/mol. The molecule has 48 valence electrons. The second-order valence-corrected chi connectivity index (χ2v) is 2.12. The number of hydrogen-bond acceptors (Lipinski definition) is 1. The van der Waals surface area contributed by atoms with E-state index < -0.39 is 0 Å². The Morgan fingerprint density at radius 2 is 1.88 bits per heavy atom. The summed E-state index contributed by atoms with van der Waals surface area (Å²) in [6, 6.07) is 0. The van der Waals surface area contributed by atoms with Crippen LogP contribution in [0.1, 0.15) is 13.8 Å². The predicted octanol–water partition coefficient (Wildman–Crippen LogP) is 1.55. The van der Waals surface area contributed by atoms with E-state index in [-0.39, 0.29) is 6.61 Å². The Kier molecular flexibility index (Phi) is 3.92. The minimum Gasteiger partial charge on any atom is -0.392 e. The first kappa shape index (κ1) is 7.99. The Hall–Kier alpha value is -0.0100. The molecule has 0 rings (SSSR count). The molecule has 1 N–H and O–H groups in total. The molecule has 0 aliphatic carbocycles. The average Bonchev–Trinajstić information content (AvgIpc) is 1.84. The van der Waals surface area contributed by atoms with Crippen LogP contribution < -0.4 is 0 Å². The van der Waals surface area contributed by atoms with Gasteiger partial charge in [0.25, 0.3) is 0 Å². The molecule has 0 bridgehead atoms. The normalized spacial score (nSPS) is 13.5. The molecule has 0 fully saturated rings. The third-order valence-corrected chi connectivity index (χ3v) is 1.57. The van der Waals surface area contributed by atoms with Crippen molar-refractivity contribution in [3.05, 3.63) is 11.1 Å². The van der Waals surface area contributed by atoms with Crippen LogP contribution in [0.3, 0.4) is 0 Å². The Balaban J connectivity index is 3.83. The van der Waals surface area contributed by atoms with Crippen LogP contribution >= 0.6 is 11.6 Å². The summed E-state index contributed by atoms with van der Waals surface area (Å²) in [5.74, 6) is 0.520. The molecule has 8 heavy (non-hydrogen) atoms. The Morgan fingerprint density at radius 1 is 1.38 bits per heavy atom. The van der Waals surface area contributed by atoms with Gasteiger partial charge in [-0.15, -0.1) is 11.6 Å². The molecule has 0 saturated carbocycles. The molecule has 0 amide bonds. The number of halogens is 1. The standard InChI is InChI=1S/C6H11ClO/c1-5(3-7)6(2)4-8/h8H,3-4H2,1-2H3/b6-5+. The minimum absolute atomic E-state index is 0.124. The molecule has 0 aromatic carbocycles. The molecule has 0 aromatic rings. The zero-order valence-corrected chi connectivity index (χ0v) is 6.00. The van der Waals surface area contributed by atoms with E-state index in [9.17, 15) is 0 Å². The first-order valence-electron chi connectivity index (χ1n) is 2.54. The van der Waals surface area contributed by atoms with Crippen LogP contribution in [0, 0.1) is 0 Å². The molecule has 2 heteroatoms. The van der Waals surface area contributed by atoms with Crippen LogP contribution in [-0.2, 0) is 0 Å². The summed E-state index contributed by atoms with van der Waals surface area (Å²) in [5, 5.41) is 8.52. The largest absolute Gasteiger partial charge is 0.392 e. The van der Waals surface area contributed by atoms with Gasteiger partial charge in [0, 0.05) is 5.88 Å². The first-order chi connectivity index (χ1) is 3.72. The zero-order chi connectivity index (χ0) is 6.57. The number of hydrogen-bond donors (Lipinski definition) is 1. The van der Waals surface area contributed by atoms with Gasteiger partial charge in [-0.05, 0) is 19.4 Å². The summed E-state index contributed by atoms with van der Waals surface area (Å²) >= 11 is 5.46. The molecule has 0 unspecified atom stereocenters. The molecule has 0 aliphatic rings. The van der Waals surface area contributed by atoms with E-state index >= 15 is 0 Å². The fraction of sp³-hybridized carbons (Fsp3) is 0.667. The van der Waals surface area contributed by atoms with Crippen LogP contribution in [0.5, 0.6) is 0 Å². The van der Waals surface area contributed by atoms with Crippen molar-refractivity contribution in [3.63, 3.8) is 0 Å². The van der Waals surface area contributed by atoms with Gasteiger partial charge in [-0.1, -0.05) is 5.57 Å². The van der Waals surface area contributed by atoms with Crippen LogP contribution in [0.15, 0.2) is 11.1 Å². The van der Waals surface area contributed by atoms with Gasteiger partial charge in [-0.2, -0.15) is 0 Å². The molecule has 0 aliphatic heterocycles. The summed E-state index contributed by atoms with van der Waals surface area (Å²) in [5.41, 5.74) is 2.04. The summed E-state index contributed by atoms with van der Waals surface area (Å²) in [6.07, 6.45) is 0. The minimum atomic E-state index is 0.124. The van der Waals surface area contributed by atoms with E-state index in [1.165, 1.54) is 0 Å². The topological polar surface area (TPSA) is 20.2 Å². The number of rotatable bonds is 2. The first-order valence-corrected chi connectivity index (χ1v) is 3.08. The second-order valence-electron chi connectivity index (χ2n) is 1.85. The molecule has 0 aromatic heterocycles. The third-order valence-electron chi connectivity index (χ3n) is 1.17. The Bertz CT molecular complexity index is 84.7. The zero-order valence-electron chi connectivity index (χ0n) is 5.24. The van der Waals surface area contributed by atoms with E-state index in [4.69, 9.17) is 16.7 Å². The highest BCUT2D eigenvalue weighted by Gasteiger charge is 1.90. The van der Waals surface area contributed by atoms with Crippen molar-refractivity contribution in [1.29, 1.82) is 0 Å². The van der Waals surface area contributed by atoms with E-state index in [1.54, 1.807) is 0 Å². The Morgan fingerprint density at radius 3 is 2.00 bits per heavy atom. The van der Waals surface area contributed by atoms with Gasteiger partial charge in [0.05, 0.1) is 6.61 Å². The van der Waals surface area contributed by atoms with E-state index in [2.05, 4.69) is 0 Å². The average molecular weight is 135 g/mol. The molecule has 1 nitrogen and oxygen atoms in total. The molecule has 0 atom stereocenters. The summed E-state index contributed by atoms with van der Waals surface area (Å²) in [4.78, 5) is 0. The quantitative estimate of drug-likeness (QED) is 0.449. The third kappa shape index (κ3) is 2.34. The maximum absolute atomic E-state index is 8.52. The van der Waals surface area contributed by atoms with Crippen LogP contribution in [0.2, 0.25) is 0 Å². The van der Waals surface area contributed by atoms with Gasteiger partial charge in [-0.3, -0.25) is 0 Å². The maximum atomic E-state index is 8.52. The van der Waals surface area contributed by atoms with Crippen LogP contribution in [0.25, 0.3) is 0 Å². The van der Waals surface area contributed by atoms with Gasteiger partial charge < -0.3 is 5.11 Å².